The summed E-state index contributed by atoms with van der Waals surface area (Å²) < 4.78 is 1.90. The maximum atomic E-state index is 10.8. The molecule has 1 saturated heterocycles. The second kappa shape index (κ2) is 5.35. The summed E-state index contributed by atoms with van der Waals surface area (Å²) in [6, 6.07) is 2.04. The highest BCUT2D eigenvalue weighted by Crippen LogP contribution is 2.26. The van der Waals surface area contributed by atoms with Gasteiger partial charge in [0.25, 0.3) is 0 Å². The Balaban J connectivity index is 1.99. The van der Waals surface area contributed by atoms with Crippen LogP contribution in [-0.4, -0.2) is 45.4 Å². The van der Waals surface area contributed by atoms with Crippen LogP contribution in [0.3, 0.4) is 0 Å². The second-order valence-corrected chi connectivity index (χ2v) is 4.86. The zero-order chi connectivity index (χ0) is 13.1. The van der Waals surface area contributed by atoms with Gasteiger partial charge in [-0.2, -0.15) is 5.10 Å². The summed E-state index contributed by atoms with van der Waals surface area (Å²) in [6.45, 7) is 5.87. The molecule has 1 atom stereocenters. The molecule has 5 nitrogen and oxygen atoms in total. The van der Waals surface area contributed by atoms with E-state index in [0.29, 0.717) is 12.5 Å². The summed E-state index contributed by atoms with van der Waals surface area (Å²) in [5.74, 6) is -0.467. The lowest BCUT2D eigenvalue weighted by atomic mass is 9.94. The van der Waals surface area contributed by atoms with Crippen molar-refractivity contribution >= 4 is 5.97 Å². The van der Waals surface area contributed by atoms with Crippen molar-refractivity contribution in [3.8, 4) is 0 Å². The van der Waals surface area contributed by atoms with E-state index in [1.54, 1.807) is 0 Å². The molecule has 1 N–H and O–H groups in total. The van der Waals surface area contributed by atoms with Crippen LogP contribution in [-0.2, 0) is 11.8 Å². The predicted octanol–water partition coefficient (Wildman–Crippen LogP) is 1.24. The number of carbonyl (C=O) groups is 1. The first-order valence-corrected chi connectivity index (χ1v) is 6.19. The van der Waals surface area contributed by atoms with E-state index in [9.17, 15) is 4.79 Å². The summed E-state index contributed by atoms with van der Waals surface area (Å²) >= 11 is 0. The molecule has 0 aliphatic carbocycles. The molecule has 1 unspecified atom stereocenters. The first-order valence-electron chi connectivity index (χ1n) is 6.19. The molecular weight excluding hydrogens is 230 g/mol. The van der Waals surface area contributed by atoms with Crippen molar-refractivity contribution in [3.05, 3.63) is 30.1 Å². The molecule has 0 radical (unpaired) electrons. The second-order valence-electron chi connectivity index (χ2n) is 4.86. The zero-order valence-electron chi connectivity index (χ0n) is 10.7. The molecule has 0 saturated carbocycles. The van der Waals surface area contributed by atoms with Crippen molar-refractivity contribution in [1.29, 1.82) is 0 Å². The quantitative estimate of drug-likeness (QED) is 0.816. The average molecular weight is 249 g/mol. The van der Waals surface area contributed by atoms with Gasteiger partial charge in [0.1, 0.15) is 0 Å². The van der Waals surface area contributed by atoms with Crippen LogP contribution in [0.15, 0.2) is 24.4 Å². The molecular formula is C13H19N3O2. The molecule has 1 aliphatic rings. The number of carboxylic acids is 1. The number of aliphatic carboxylic acids is 1. The fraction of sp³-hybridized carbons (Fsp3) is 0.538. The van der Waals surface area contributed by atoms with E-state index in [4.69, 9.17) is 5.11 Å². The lowest BCUT2D eigenvalue weighted by Gasteiger charge is -2.32. The minimum absolute atomic E-state index is 0.264. The van der Waals surface area contributed by atoms with E-state index >= 15 is 0 Å². The Hall–Kier alpha value is -1.62. The van der Waals surface area contributed by atoms with Gasteiger partial charge < -0.3 is 5.11 Å². The number of nitrogens with zero attached hydrogens (tertiary/aromatic N) is 3. The van der Waals surface area contributed by atoms with Crippen LogP contribution < -0.4 is 0 Å². The lowest BCUT2D eigenvalue weighted by Crippen LogP contribution is -2.37. The lowest BCUT2D eigenvalue weighted by molar-refractivity contribution is -0.132. The minimum atomic E-state index is -0.905. The highest BCUT2D eigenvalue weighted by atomic mass is 16.4. The topological polar surface area (TPSA) is 58.4 Å². The summed E-state index contributed by atoms with van der Waals surface area (Å²) in [5, 5.41) is 13.1. The van der Waals surface area contributed by atoms with Crippen molar-refractivity contribution in [2.75, 3.05) is 19.6 Å². The van der Waals surface area contributed by atoms with E-state index in [1.807, 2.05) is 24.0 Å². The maximum Gasteiger partial charge on any atom is 0.332 e. The van der Waals surface area contributed by atoms with Crippen molar-refractivity contribution in [3.63, 3.8) is 0 Å². The Morgan fingerprint density at radius 3 is 3.06 bits per heavy atom. The number of likely N-dealkylation sites (tertiary alicyclic amines) is 1. The predicted molar refractivity (Wildman–Crippen MR) is 68.4 cm³/mol. The smallest absolute Gasteiger partial charge is 0.332 e. The zero-order valence-corrected chi connectivity index (χ0v) is 10.7. The molecule has 1 aromatic heterocycles. The van der Waals surface area contributed by atoms with E-state index in [2.05, 4.69) is 16.6 Å². The van der Waals surface area contributed by atoms with Gasteiger partial charge in [0.15, 0.2) is 0 Å². The van der Waals surface area contributed by atoms with E-state index in [0.717, 1.165) is 25.9 Å². The monoisotopic (exact) mass is 249 g/mol. The number of aryl methyl sites for hydroxylation is 1. The van der Waals surface area contributed by atoms with Crippen molar-refractivity contribution in [2.45, 2.75) is 18.8 Å². The third-order valence-corrected chi connectivity index (χ3v) is 3.50. The molecule has 0 amide bonds. The van der Waals surface area contributed by atoms with E-state index < -0.39 is 5.97 Å². The van der Waals surface area contributed by atoms with Crippen LogP contribution in [0.1, 0.15) is 24.5 Å². The standard InChI is InChI=1S/C13H19N3O2/c1-10(13(17)18)8-16-7-3-4-11(9-16)12-5-6-14-15(12)2/h5-6,11H,1,3-4,7-9H2,2H3,(H,17,18). The Kier molecular flexibility index (Phi) is 3.81. The van der Waals surface area contributed by atoms with Crippen molar-refractivity contribution < 1.29 is 9.90 Å². The van der Waals surface area contributed by atoms with Gasteiger partial charge in [-0.25, -0.2) is 4.79 Å². The fourth-order valence-electron chi connectivity index (χ4n) is 2.56. The molecule has 98 valence electrons. The number of hydrogen-bond acceptors (Lipinski definition) is 3. The van der Waals surface area contributed by atoms with Gasteiger partial charge in [0.2, 0.25) is 0 Å². The third-order valence-electron chi connectivity index (χ3n) is 3.50. The number of piperidine rings is 1. The molecule has 0 spiro atoms. The van der Waals surface area contributed by atoms with Gasteiger partial charge in [0, 0.05) is 43.5 Å². The van der Waals surface area contributed by atoms with Crippen LogP contribution >= 0.6 is 0 Å². The van der Waals surface area contributed by atoms with Gasteiger partial charge in [-0.3, -0.25) is 9.58 Å². The van der Waals surface area contributed by atoms with Crippen LogP contribution in [0.4, 0.5) is 0 Å². The number of hydrogen-bond donors (Lipinski definition) is 1. The molecule has 2 rings (SSSR count). The number of rotatable bonds is 4. The summed E-state index contributed by atoms with van der Waals surface area (Å²) in [4.78, 5) is 13.0. The van der Waals surface area contributed by atoms with E-state index in [1.165, 1.54) is 5.69 Å². The Morgan fingerprint density at radius 2 is 2.44 bits per heavy atom. The minimum Gasteiger partial charge on any atom is -0.478 e. The van der Waals surface area contributed by atoms with Crippen LogP contribution in [0.2, 0.25) is 0 Å². The Labute approximate surface area is 107 Å². The maximum absolute atomic E-state index is 10.8. The first-order chi connectivity index (χ1) is 8.58. The Bertz CT molecular complexity index is 453. The number of aromatic nitrogens is 2. The highest BCUT2D eigenvalue weighted by molar-refractivity contribution is 5.86. The molecule has 2 heterocycles. The van der Waals surface area contributed by atoms with Crippen LogP contribution in [0, 0.1) is 0 Å². The van der Waals surface area contributed by atoms with Gasteiger partial charge in [0.05, 0.1) is 0 Å². The van der Waals surface area contributed by atoms with Gasteiger partial charge in [-0.05, 0) is 25.5 Å². The van der Waals surface area contributed by atoms with Gasteiger partial charge in [-0.1, -0.05) is 6.58 Å². The summed E-state index contributed by atoms with van der Waals surface area (Å²) in [6.07, 6.45) is 4.03. The normalized spacial score (nSPS) is 20.8. The SMILES string of the molecule is C=C(CN1CCCC(c2ccnn2C)C1)C(=O)O. The summed E-state index contributed by atoms with van der Waals surface area (Å²) in [5.41, 5.74) is 1.49. The molecule has 1 aliphatic heterocycles. The third kappa shape index (κ3) is 2.79. The van der Waals surface area contributed by atoms with Crippen LogP contribution in [0.5, 0.6) is 0 Å². The average Bonchev–Trinajstić information content (AvgIpc) is 2.75. The fourth-order valence-corrected chi connectivity index (χ4v) is 2.56. The van der Waals surface area contributed by atoms with Crippen molar-refractivity contribution in [2.24, 2.45) is 7.05 Å². The highest BCUT2D eigenvalue weighted by Gasteiger charge is 2.24. The van der Waals surface area contributed by atoms with E-state index in [-0.39, 0.29) is 5.57 Å². The Morgan fingerprint density at radius 1 is 1.67 bits per heavy atom. The molecule has 0 bridgehead atoms. The van der Waals surface area contributed by atoms with Gasteiger partial charge >= 0.3 is 5.97 Å². The number of carboxylic acid groups (broad SMARTS) is 1. The molecule has 1 fully saturated rings. The van der Waals surface area contributed by atoms with Crippen molar-refractivity contribution in [1.82, 2.24) is 14.7 Å². The molecule has 5 heteroatoms. The van der Waals surface area contributed by atoms with Crippen LogP contribution in [0.25, 0.3) is 0 Å². The van der Waals surface area contributed by atoms with Gasteiger partial charge in [-0.15, -0.1) is 0 Å². The molecule has 0 aromatic carbocycles. The summed E-state index contributed by atoms with van der Waals surface area (Å²) in [7, 11) is 1.95. The largest absolute Gasteiger partial charge is 0.478 e. The molecule has 1 aromatic rings. The first kappa shape index (κ1) is 12.8. The molecule has 18 heavy (non-hydrogen) atoms.